The first-order valence-electron chi connectivity index (χ1n) is 10.8. The first-order chi connectivity index (χ1) is 16.5. The molecule has 5 nitrogen and oxygen atoms in total. The van der Waals surface area contributed by atoms with Crippen LogP contribution in [0.15, 0.2) is 72.1 Å². The van der Waals surface area contributed by atoms with E-state index in [9.17, 15) is 27.6 Å². The second-order valence-electron chi connectivity index (χ2n) is 8.48. The van der Waals surface area contributed by atoms with Crippen LogP contribution in [0.3, 0.4) is 0 Å². The van der Waals surface area contributed by atoms with Gasteiger partial charge in [-0.1, -0.05) is 24.3 Å². The van der Waals surface area contributed by atoms with Crippen molar-refractivity contribution in [2.75, 3.05) is 5.32 Å². The Labute approximate surface area is 199 Å². The fourth-order valence-electron chi connectivity index (χ4n) is 4.32. The van der Waals surface area contributed by atoms with Gasteiger partial charge < -0.3 is 20.9 Å². The Kier molecular flexibility index (Phi) is 6.40. The van der Waals surface area contributed by atoms with Crippen LogP contribution in [0.25, 0.3) is 11.1 Å². The fraction of sp³-hybridized carbons (Fsp3) is 0.192. The molecule has 0 saturated heterocycles. The maximum atomic E-state index is 14.8. The Balaban J connectivity index is 1.60. The van der Waals surface area contributed by atoms with E-state index in [1.165, 1.54) is 31.2 Å². The highest BCUT2D eigenvalue weighted by molar-refractivity contribution is 6.02. The van der Waals surface area contributed by atoms with Crippen molar-refractivity contribution in [2.24, 2.45) is 0 Å². The number of benzene rings is 3. The highest BCUT2D eigenvalue weighted by Crippen LogP contribution is 2.32. The van der Waals surface area contributed by atoms with Gasteiger partial charge in [-0.3, -0.25) is 4.79 Å². The summed E-state index contributed by atoms with van der Waals surface area (Å²) >= 11 is 0. The monoisotopic (exact) mass is 485 g/mol. The van der Waals surface area contributed by atoms with Gasteiger partial charge in [0.25, 0.3) is 0 Å². The Morgan fingerprint density at radius 1 is 1.00 bits per heavy atom. The van der Waals surface area contributed by atoms with E-state index >= 15 is 0 Å². The molecular weight excluding hydrogens is 462 g/mol. The van der Waals surface area contributed by atoms with E-state index < -0.39 is 34.7 Å². The summed E-state index contributed by atoms with van der Waals surface area (Å²) in [5.41, 5.74) is 2.38. The zero-order valence-electron chi connectivity index (χ0n) is 19.2. The van der Waals surface area contributed by atoms with Gasteiger partial charge in [-0.25, -0.2) is 4.39 Å². The number of carbonyl (C=O) groups is 1. The number of quaternary nitrogens is 1. The molecule has 1 heterocycles. The van der Waals surface area contributed by atoms with Crippen molar-refractivity contribution in [3.8, 4) is 11.1 Å². The van der Waals surface area contributed by atoms with E-state index in [1.54, 1.807) is 6.07 Å². The van der Waals surface area contributed by atoms with Crippen LogP contribution in [0, 0.1) is 24.9 Å². The molecule has 2 atom stereocenters. The zero-order valence-corrected chi connectivity index (χ0v) is 19.2. The van der Waals surface area contributed by atoms with Crippen LogP contribution in [0.5, 0.6) is 0 Å². The Bertz CT molecular complexity index is 1310. The van der Waals surface area contributed by atoms with E-state index in [1.807, 2.05) is 32.0 Å². The van der Waals surface area contributed by atoms with Crippen LogP contribution < -0.4 is 15.7 Å². The molecule has 0 aromatic heterocycles. The van der Waals surface area contributed by atoms with Gasteiger partial charge in [-0.2, -0.15) is 13.2 Å². The Morgan fingerprint density at radius 2 is 1.66 bits per heavy atom. The number of anilines is 1. The number of rotatable bonds is 4. The van der Waals surface area contributed by atoms with Gasteiger partial charge in [0.2, 0.25) is 5.70 Å². The zero-order chi connectivity index (χ0) is 25.5. The number of amides is 1. The summed E-state index contributed by atoms with van der Waals surface area (Å²) in [5, 5.41) is 18.0. The summed E-state index contributed by atoms with van der Waals surface area (Å²) in [6.45, 7) is 5.28. The summed E-state index contributed by atoms with van der Waals surface area (Å²) < 4.78 is 53.7. The average molecular weight is 485 g/mol. The molecular formula is C26H23F4N3O2. The minimum atomic E-state index is -4.57. The number of nitrogens with one attached hydrogen (secondary N) is 3. The van der Waals surface area contributed by atoms with Gasteiger partial charge in [0.15, 0.2) is 6.17 Å². The summed E-state index contributed by atoms with van der Waals surface area (Å²) in [7, 11) is 0. The second kappa shape index (κ2) is 9.16. The van der Waals surface area contributed by atoms with Crippen molar-refractivity contribution < 1.29 is 27.4 Å². The largest absolute Gasteiger partial charge is 0.627 e. The predicted molar refractivity (Wildman–Crippen MR) is 124 cm³/mol. The maximum Gasteiger partial charge on any atom is 0.416 e. The molecule has 0 bridgehead atoms. The SMILES string of the molecule is CC1=C(C(=O)Nc2cccc(C(F)(F)F)c2)[NH+]([O-])C(c2ccc(F)c(-c3c(C)cccc3C)c2)N1. The number of aryl methyl sites for hydroxylation is 2. The van der Waals surface area contributed by atoms with Crippen molar-refractivity contribution in [2.45, 2.75) is 33.1 Å². The summed E-state index contributed by atoms with van der Waals surface area (Å²) in [4.78, 5) is 12.8. The van der Waals surface area contributed by atoms with Crippen molar-refractivity contribution in [1.29, 1.82) is 0 Å². The van der Waals surface area contributed by atoms with Gasteiger partial charge in [0, 0.05) is 16.8 Å². The van der Waals surface area contributed by atoms with Gasteiger partial charge >= 0.3 is 12.1 Å². The predicted octanol–water partition coefficient (Wildman–Crippen LogP) is 4.98. The van der Waals surface area contributed by atoms with Gasteiger partial charge in [0.05, 0.1) is 11.3 Å². The van der Waals surface area contributed by atoms with Gasteiger partial charge in [-0.15, -0.1) is 0 Å². The molecule has 3 aromatic carbocycles. The minimum absolute atomic E-state index is 0.0829. The van der Waals surface area contributed by atoms with Crippen LogP contribution in [0.4, 0.5) is 23.2 Å². The molecule has 1 aliphatic heterocycles. The smallest absolute Gasteiger partial charge is 0.416 e. The molecule has 1 amide bonds. The summed E-state index contributed by atoms with van der Waals surface area (Å²) in [6, 6.07) is 14.1. The molecule has 0 fully saturated rings. The third-order valence-electron chi connectivity index (χ3n) is 5.99. The van der Waals surface area contributed by atoms with Crippen LogP contribution in [0.1, 0.15) is 35.3 Å². The third kappa shape index (κ3) is 4.78. The number of hydrogen-bond acceptors (Lipinski definition) is 3. The number of halogens is 4. The number of hydrogen-bond donors (Lipinski definition) is 3. The van der Waals surface area contributed by atoms with Crippen molar-refractivity contribution >= 4 is 11.6 Å². The van der Waals surface area contributed by atoms with Gasteiger partial charge in [0.1, 0.15) is 5.82 Å². The summed E-state index contributed by atoms with van der Waals surface area (Å²) in [6.07, 6.45) is -5.50. The van der Waals surface area contributed by atoms with Crippen molar-refractivity contribution in [1.82, 2.24) is 5.32 Å². The lowest BCUT2D eigenvalue weighted by atomic mass is 9.93. The molecule has 182 valence electrons. The standard InChI is InChI=1S/C26H23F4N3O2/c1-14-6-4-7-15(2)22(14)20-12-17(10-11-21(20)27)24-31-16(3)23(33(24)35)25(34)32-19-9-5-8-18(13-19)26(28,29)30/h4-13,24,31,33H,1-3H3,(H,32,34). The molecule has 1 aliphatic rings. The summed E-state index contributed by atoms with van der Waals surface area (Å²) in [5.74, 6) is -1.26. The first-order valence-corrected chi connectivity index (χ1v) is 10.8. The van der Waals surface area contributed by atoms with Crippen LogP contribution >= 0.6 is 0 Å². The molecule has 0 radical (unpaired) electrons. The Hall–Kier alpha value is -3.69. The van der Waals surface area contributed by atoms with E-state index in [-0.39, 0.29) is 17.1 Å². The van der Waals surface area contributed by atoms with E-state index in [0.29, 0.717) is 11.1 Å². The van der Waals surface area contributed by atoms with Gasteiger partial charge in [-0.05, 0) is 73.9 Å². The highest BCUT2D eigenvalue weighted by Gasteiger charge is 2.36. The van der Waals surface area contributed by atoms with Crippen LogP contribution in [0.2, 0.25) is 0 Å². The lowest BCUT2D eigenvalue weighted by Gasteiger charge is -2.26. The number of allylic oxidation sites excluding steroid dienone is 1. The molecule has 0 saturated carbocycles. The molecule has 2 unspecified atom stereocenters. The molecule has 0 aliphatic carbocycles. The van der Waals surface area contributed by atoms with Crippen molar-refractivity contribution in [3.05, 3.63) is 105 Å². The van der Waals surface area contributed by atoms with E-state index in [2.05, 4.69) is 10.6 Å². The fourth-order valence-corrected chi connectivity index (χ4v) is 4.32. The molecule has 4 rings (SSSR count). The first kappa shape index (κ1) is 24.4. The highest BCUT2D eigenvalue weighted by atomic mass is 19.4. The minimum Gasteiger partial charge on any atom is -0.627 e. The lowest BCUT2D eigenvalue weighted by Crippen LogP contribution is -3.06. The molecule has 0 spiro atoms. The lowest BCUT2D eigenvalue weighted by molar-refractivity contribution is -0.833. The molecule has 3 aromatic rings. The molecule has 3 N–H and O–H groups in total. The third-order valence-corrected chi connectivity index (χ3v) is 5.99. The number of carbonyl (C=O) groups excluding carboxylic acids is 1. The molecule has 9 heteroatoms. The van der Waals surface area contributed by atoms with E-state index in [0.717, 1.165) is 28.8 Å². The van der Waals surface area contributed by atoms with Crippen molar-refractivity contribution in [3.63, 3.8) is 0 Å². The number of alkyl halides is 3. The van der Waals surface area contributed by atoms with Crippen LogP contribution in [-0.2, 0) is 11.0 Å². The Morgan fingerprint density at radius 3 is 2.31 bits per heavy atom. The topological polar surface area (TPSA) is 68.6 Å². The second-order valence-corrected chi connectivity index (χ2v) is 8.48. The number of hydroxylamine groups is 2. The average Bonchev–Trinajstić information content (AvgIpc) is 3.08. The van der Waals surface area contributed by atoms with Crippen LogP contribution in [-0.4, -0.2) is 5.91 Å². The normalized spacial score (nSPS) is 17.9. The quantitative estimate of drug-likeness (QED) is 0.361. The molecule has 35 heavy (non-hydrogen) atoms. The van der Waals surface area contributed by atoms with E-state index in [4.69, 9.17) is 0 Å². The maximum absolute atomic E-state index is 14.8.